The van der Waals surface area contributed by atoms with Gasteiger partial charge in [-0.1, -0.05) is 5.16 Å². The van der Waals surface area contributed by atoms with Gasteiger partial charge in [0.15, 0.2) is 5.81 Å². The number of rotatable bonds is 5. The first-order valence-corrected chi connectivity index (χ1v) is 5.75. The summed E-state index contributed by atoms with van der Waals surface area (Å²) in [5.41, 5.74) is 5.41. The average Bonchev–Trinajstić information content (AvgIpc) is 2.87. The van der Waals surface area contributed by atoms with Crippen LogP contribution >= 0.6 is 0 Å². The van der Waals surface area contributed by atoms with Crippen molar-refractivity contribution in [1.29, 1.82) is 0 Å². The highest BCUT2D eigenvalue weighted by atomic mass is 19.1. The van der Waals surface area contributed by atoms with E-state index in [1.807, 2.05) is 0 Å². The molecule has 10 heteroatoms. The number of carbonyl (C=O) groups excluding carboxylic acids is 2. The van der Waals surface area contributed by atoms with E-state index >= 15 is 0 Å². The Hall–Kier alpha value is -2.78. The summed E-state index contributed by atoms with van der Waals surface area (Å²) in [7, 11) is 4.93. The predicted octanol–water partition coefficient (Wildman–Crippen LogP) is -0.455. The number of hydrogen-bond acceptors (Lipinski definition) is 6. The summed E-state index contributed by atoms with van der Waals surface area (Å²) in [6.07, 6.45) is 0.888. The lowest BCUT2D eigenvalue weighted by atomic mass is 10.1. The fourth-order valence-electron chi connectivity index (χ4n) is 1.52. The highest BCUT2D eigenvalue weighted by Gasteiger charge is 2.21. The van der Waals surface area contributed by atoms with Gasteiger partial charge in [0, 0.05) is 0 Å². The lowest BCUT2D eigenvalue weighted by Crippen LogP contribution is -2.45. The fraction of sp³-hybridized carbons (Fsp3) is 0.182. The number of hydrogen-bond donors (Lipinski definition) is 2. The van der Waals surface area contributed by atoms with Crippen LogP contribution in [0.3, 0.4) is 0 Å². The van der Waals surface area contributed by atoms with E-state index in [0.717, 1.165) is 6.20 Å². The van der Waals surface area contributed by atoms with Gasteiger partial charge in [-0.15, -0.1) is 0 Å². The third-order valence-electron chi connectivity index (χ3n) is 2.46. The van der Waals surface area contributed by atoms with E-state index in [1.165, 1.54) is 12.1 Å². The molecule has 2 aromatic heterocycles. The Kier molecular flexibility index (Phi) is 4.26. The van der Waals surface area contributed by atoms with E-state index < -0.39 is 23.6 Å². The summed E-state index contributed by atoms with van der Waals surface area (Å²) in [5.74, 6) is -2.03. The molecule has 8 nitrogen and oxygen atoms in total. The van der Waals surface area contributed by atoms with Crippen molar-refractivity contribution in [1.82, 2.24) is 20.4 Å². The SMILES string of the molecule is [B]C(=O)NC(Cc1nc(-c2ccc(F)cn2)no1)C(N)=O. The van der Waals surface area contributed by atoms with Crippen LogP contribution in [0.15, 0.2) is 22.9 Å². The van der Waals surface area contributed by atoms with Gasteiger partial charge in [-0.05, 0) is 12.1 Å². The molecule has 0 saturated carbocycles. The van der Waals surface area contributed by atoms with Crippen LogP contribution in [0.5, 0.6) is 0 Å². The van der Waals surface area contributed by atoms with Gasteiger partial charge in [0.25, 0.3) is 0 Å². The number of nitrogens with one attached hydrogen (secondary N) is 1. The van der Waals surface area contributed by atoms with Crippen molar-refractivity contribution < 1.29 is 18.5 Å². The third-order valence-corrected chi connectivity index (χ3v) is 2.46. The third kappa shape index (κ3) is 3.84. The quantitative estimate of drug-likeness (QED) is 0.718. The number of aromatic nitrogens is 3. The van der Waals surface area contributed by atoms with Crippen LogP contribution in [0.1, 0.15) is 5.89 Å². The Labute approximate surface area is 119 Å². The molecule has 2 rings (SSSR count). The Morgan fingerprint density at radius 3 is 2.81 bits per heavy atom. The number of halogens is 1. The summed E-state index contributed by atoms with van der Waals surface area (Å²) in [4.78, 5) is 29.7. The standard InChI is InChI=1S/C11H9BFN5O3/c12-11(20)16-7(9(14)19)3-8-17-10(18-21-8)6-2-1-5(13)4-15-6/h1-2,4,7H,3H2,(H2,14,19)(H,16,20). The van der Waals surface area contributed by atoms with Crippen molar-refractivity contribution in [2.24, 2.45) is 5.73 Å². The summed E-state index contributed by atoms with van der Waals surface area (Å²) in [6.45, 7) is 0. The molecular formula is C11H9BFN5O3. The number of nitrogens with zero attached hydrogens (tertiary/aromatic N) is 3. The smallest absolute Gasteiger partial charge is 0.240 e. The molecule has 0 fully saturated rings. The molecule has 0 bridgehead atoms. The highest BCUT2D eigenvalue weighted by Crippen LogP contribution is 2.13. The molecule has 3 N–H and O–H groups in total. The topological polar surface area (TPSA) is 124 Å². The average molecular weight is 289 g/mol. The molecule has 2 heterocycles. The maximum absolute atomic E-state index is 12.8. The summed E-state index contributed by atoms with van der Waals surface area (Å²) in [5, 5.41) is 5.80. The molecule has 106 valence electrons. The van der Waals surface area contributed by atoms with Crippen LogP contribution in [-0.2, 0) is 11.2 Å². The molecule has 21 heavy (non-hydrogen) atoms. The van der Waals surface area contributed by atoms with Gasteiger partial charge in [0.05, 0.1) is 12.6 Å². The first-order chi connectivity index (χ1) is 9.95. The van der Waals surface area contributed by atoms with Gasteiger partial charge < -0.3 is 15.6 Å². The van der Waals surface area contributed by atoms with Gasteiger partial charge in [-0.2, -0.15) is 4.98 Å². The van der Waals surface area contributed by atoms with Gasteiger partial charge in [0.1, 0.15) is 17.6 Å². The van der Waals surface area contributed by atoms with Crippen molar-refractivity contribution in [3.8, 4) is 11.5 Å². The van der Waals surface area contributed by atoms with Crippen LogP contribution in [0.4, 0.5) is 9.18 Å². The number of carbonyl (C=O) groups is 2. The van der Waals surface area contributed by atoms with Crippen molar-refractivity contribution in [3.05, 3.63) is 30.0 Å². The molecule has 0 spiro atoms. The second-order valence-corrected chi connectivity index (χ2v) is 4.04. The molecule has 2 aromatic rings. The summed E-state index contributed by atoms with van der Waals surface area (Å²) < 4.78 is 17.7. The molecule has 0 aliphatic carbocycles. The van der Waals surface area contributed by atoms with Crippen LogP contribution in [0.25, 0.3) is 11.5 Å². The molecule has 2 amide bonds. The minimum absolute atomic E-state index is 0.0497. The maximum atomic E-state index is 12.8. The fourth-order valence-corrected chi connectivity index (χ4v) is 1.52. The van der Waals surface area contributed by atoms with Gasteiger partial charge >= 0.3 is 0 Å². The van der Waals surface area contributed by atoms with Gasteiger partial charge in [-0.3, -0.25) is 9.59 Å². The van der Waals surface area contributed by atoms with E-state index in [-0.39, 0.29) is 18.1 Å². The van der Waals surface area contributed by atoms with E-state index in [1.54, 1.807) is 0 Å². The molecule has 1 atom stereocenters. The maximum Gasteiger partial charge on any atom is 0.240 e. The van der Waals surface area contributed by atoms with E-state index in [0.29, 0.717) is 5.69 Å². The molecule has 0 aliphatic heterocycles. The second kappa shape index (κ2) is 6.12. The van der Waals surface area contributed by atoms with Gasteiger partial charge in [-0.25, -0.2) is 9.37 Å². The van der Waals surface area contributed by atoms with Crippen molar-refractivity contribution in [2.75, 3.05) is 0 Å². The molecule has 0 aliphatic rings. The zero-order chi connectivity index (χ0) is 15.4. The molecule has 2 radical (unpaired) electrons. The number of primary amides is 1. The lowest BCUT2D eigenvalue weighted by Gasteiger charge is -2.11. The zero-order valence-electron chi connectivity index (χ0n) is 10.6. The molecule has 0 saturated heterocycles. The first kappa shape index (κ1) is 14.6. The Morgan fingerprint density at radius 2 is 2.24 bits per heavy atom. The van der Waals surface area contributed by atoms with Crippen LogP contribution in [-0.4, -0.2) is 40.7 Å². The monoisotopic (exact) mass is 289 g/mol. The zero-order valence-corrected chi connectivity index (χ0v) is 10.6. The Bertz CT molecular complexity index is 660. The second-order valence-electron chi connectivity index (χ2n) is 4.04. The van der Waals surface area contributed by atoms with E-state index in [9.17, 15) is 14.0 Å². The summed E-state index contributed by atoms with van der Waals surface area (Å²) in [6, 6.07) is 1.49. The first-order valence-electron chi connectivity index (χ1n) is 5.75. The Morgan fingerprint density at radius 1 is 1.48 bits per heavy atom. The van der Waals surface area contributed by atoms with E-state index in [4.69, 9.17) is 18.1 Å². The Balaban J connectivity index is 2.13. The molecule has 1 unspecified atom stereocenters. The van der Waals surface area contributed by atoms with Crippen molar-refractivity contribution >= 4 is 19.6 Å². The number of amides is 2. The van der Waals surface area contributed by atoms with Crippen molar-refractivity contribution in [3.63, 3.8) is 0 Å². The molecular weight excluding hydrogens is 280 g/mol. The van der Waals surface area contributed by atoms with Crippen LogP contribution < -0.4 is 11.1 Å². The minimum atomic E-state index is -1.07. The van der Waals surface area contributed by atoms with Crippen molar-refractivity contribution in [2.45, 2.75) is 12.5 Å². The number of pyridine rings is 1. The lowest BCUT2D eigenvalue weighted by molar-refractivity contribution is -0.119. The number of nitrogens with two attached hydrogens (primary N) is 1. The largest absolute Gasteiger partial charge is 0.368 e. The van der Waals surface area contributed by atoms with Gasteiger partial charge in [0.2, 0.25) is 25.5 Å². The normalized spacial score (nSPS) is 11.9. The predicted molar refractivity (Wildman–Crippen MR) is 68.5 cm³/mol. The molecule has 0 aromatic carbocycles. The van der Waals surface area contributed by atoms with E-state index in [2.05, 4.69) is 20.4 Å². The minimum Gasteiger partial charge on any atom is -0.368 e. The summed E-state index contributed by atoms with van der Waals surface area (Å²) >= 11 is 0. The van der Waals surface area contributed by atoms with Crippen LogP contribution in [0.2, 0.25) is 0 Å². The van der Waals surface area contributed by atoms with Crippen LogP contribution in [0, 0.1) is 5.82 Å². The highest BCUT2D eigenvalue weighted by molar-refractivity contribution is 6.57.